The van der Waals surface area contributed by atoms with Crippen LogP contribution in [0.15, 0.2) is 23.1 Å². The SMILES string of the molecule is CCC(CC)(CN)NS(=O)(=O)c1ccc(F)c(F)c1. The van der Waals surface area contributed by atoms with Gasteiger partial charge in [-0.3, -0.25) is 0 Å². The third-order valence-electron chi connectivity index (χ3n) is 3.30. The maximum atomic E-state index is 13.1. The number of nitrogens with two attached hydrogens (primary N) is 1. The van der Waals surface area contributed by atoms with Gasteiger partial charge in [0.05, 0.1) is 4.90 Å². The summed E-state index contributed by atoms with van der Waals surface area (Å²) in [6, 6.07) is 2.46. The number of benzene rings is 1. The van der Waals surface area contributed by atoms with Crippen LogP contribution in [-0.4, -0.2) is 20.5 Å². The van der Waals surface area contributed by atoms with Crippen LogP contribution in [0.2, 0.25) is 0 Å². The van der Waals surface area contributed by atoms with Crippen LogP contribution in [0.25, 0.3) is 0 Å². The van der Waals surface area contributed by atoms with Gasteiger partial charge in [0.15, 0.2) is 11.6 Å². The summed E-state index contributed by atoms with van der Waals surface area (Å²) in [4.78, 5) is -0.314. The molecule has 0 radical (unpaired) electrons. The molecular formula is C12H18F2N2O2S. The van der Waals surface area contributed by atoms with Gasteiger partial charge < -0.3 is 5.73 Å². The highest BCUT2D eigenvalue weighted by atomic mass is 32.2. The molecule has 0 aliphatic carbocycles. The van der Waals surface area contributed by atoms with Crippen LogP contribution in [0.5, 0.6) is 0 Å². The Kier molecular flexibility index (Phi) is 5.00. The number of rotatable bonds is 6. The van der Waals surface area contributed by atoms with Gasteiger partial charge in [0.25, 0.3) is 0 Å². The van der Waals surface area contributed by atoms with E-state index in [2.05, 4.69) is 4.72 Å². The van der Waals surface area contributed by atoms with Gasteiger partial charge in [0, 0.05) is 12.1 Å². The Morgan fingerprint density at radius 1 is 1.21 bits per heavy atom. The van der Waals surface area contributed by atoms with Crippen LogP contribution >= 0.6 is 0 Å². The number of halogens is 2. The van der Waals surface area contributed by atoms with Gasteiger partial charge in [-0.2, -0.15) is 0 Å². The molecule has 3 N–H and O–H groups in total. The molecule has 0 saturated carbocycles. The Morgan fingerprint density at radius 3 is 2.21 bits per heavy atom. The number of hydrogen-bond acceptors (Lipinski definition) is 3. The Hall–Kier alpha value is -1.05. The smallest absolute Gasteiger partial charge is 0.241 e. The van der Waals surface area contributed by atoms with E-state index in [-0.39, 0.29) is 11.4 Å². The summed E-state index contributed by atoms with van der Waals surface area (Å²) in [5, 5.41) is 0. The summed E-state index contributed by atoms with van der Waals surface area (Å²) >= 11 is 0. The molecule has 0 aliphatic rings. The second-order valence-electron chi connectivity index (χ2n) is 4.37. The van der Waals surface area contributed by atoms with E-state index in [1.54, 1.807) is 0 Å². The average molecular weight is 292 g/mol. The van der Waals surface area contributed by atoms with E-state index in [1.165, 1.54) is 0 Å². The quantitative estimate of drug-likeness (QED) is 0.839. The molecular weight excluding hydrogens is 274 g/mol. The van der Waals surface area contributed by atoms with Crippen LogP contribution in [-0.2, 0) is 10.0 Å². The molecule has 4 nitrogen and oxygen atoms in total. The van der Waals surface area contributed by atoms with Crippen LogP contribution in [0.4, 0.5) is 8.78 Å². The first-order valence-corrected chi connectivity index (χ1v) is 7.47. The van der Waals surface area contributed by atoms with Crippen molar-refractivity contribution < 1.29 is 17.2 Å². The summed E-state index contributed by atoms with van der Waals surface area (Å²) in [6.07, 6.45) is 1.01. The van der Waals surface area contributed by atoms with Crippen molar-refractivity contribution in [2.45, 2.75) is 37.1 Å². The monoisotopic (exact) mass is 292 g/mol. The highest BCUT2D eigenvalue weighted by Gasteiger charge is 2.31. The first-order valence-electron chi connectivity index (χ1n) is 5.99. The molecule has 0 heterocycles. The zero-order chi connectivity index (χ0) is 14.7. The van der Waals surface area contributed by atoms with Crippen LogP contribution in [0.1, 0.15) is 26.7 Å². The fourth-order valence-electron chi connectivity index (χ4n) is 1.71. The van der Waals surface area contributed by atoms with Gasteiger partial charge >= 0.3 is 0 Å². The van der Waals surface area contributed by atoms with E-state index in [0.29, 0.717) is 18.9 Å². The predicted octanol–water partition coefficient (Wildman–Crippen LogP) is 1.76. The zero-order valence-electron chi connectivity index (χ0n) is 10.9. The van der Waals surface area contributed by atoms with E-state index in [1.807, 2.05) is 13.8 Å². The normalized spacial score (nSPS) is 12.7. The highest BCUT2D eigenvalue weighted by molar-refractivity contribution is 7.89. The third kappa shape index (κ3) is 3.49. The van der Waals surface area contributed by atoms with Crippen molar-refractivity contribution in [3.8, 4) is 0 Å². The van der Waals surface area contributed by atoms with E-state index < -0.39 is 27.2 Å². The molecule has 19 heavy (non-hydrogen) atoms. The summed E-state index contributed by atoms with van der Waals surface area (Å²) in [6.45, 7) is 3.75. The first-order chi connectivity index (χ1) is 8.80. The number of sulfonamides is 1. The maximum Gasteiger partial charge on any atom is 0.241 e. The van der Waals surface area contributed by atoms with E-state index >= 15 is 0 Å². The first kappa shape index (κ1) is 16.0. The molecule has 1 aromatic rings. The van der Waals surface area contributed by atoms with Crippen LogP contribution < -0.4 is 10.5 Å². The maximum absolute atomic E-state index is 13.1. The topological polar surface area (TPSA) is 72.2 Å². The molecule has 7 heteroatoms. The predicted molar refractivity (Wildman–Crippen MR) is 69.0 cm³/mol. The zero-order valence-corrected chi connectivity index (χ0v) is 11.7. The molecule has 0 amide bonds. The van der Waals surface area contributed by atoms with Gasteiger partial charge in [-0.1, -0.05) is 13.8 Å². The Labute approximate surface area is 112 Å². The lowest BCUT2D eigenvalue weighted by Gasteiger charge is -2.30. The Bertz CT molecular complexity index is 534. The standard InChI is InChI=1S/C12H18F2N2O2S/c1-3-12(4-2,8-15)16-19(17,18)9-5-6-10(13)11(14)7-9/h5-7,16H,3-4,8,15H2,1-2H3. The largest absolute Gasteiger partial charge is 0.329 e. The van der Waals surface area contributed by atoms with E-state index in [0.717, 1.165) is 12.1 Å². The van der Waals surface area contributed by atoms with Gasteiger partial charge in [0.2, 0.25) is 10.0 Å². The lowest BCUT2D eigenvalue weighted by atomic mass is 9.95. The average Bonchev–Trinajstić information content (AvgIpc) is 2.39. The van der Waals surface area contributed by atoms with Gasteiger partial charge in [-0.25, -0.2) is 21.9 Å². The fourth-order valence-corrected chi connectivity index (χ4v) is 3.28. The number of nitrogens with one attached hydrogen (secondary N) is 1. The lowest BCUT2D eigenvalue weighted by Crippen LogP contribution is -2.52. The van der Waals surface area contributed by atoms with E-state index in [9.17, 15) is 17.2 Å². The Morgan fingerprint density at radius 2 is 1.79 bits per heavy atom. The fraction of sp³-hybridized carbons (Fsp3) is 0.500. The van der Waals surface area contributed by atoms with Crippen molar-refractivity contribution in [2.75, 3.05) is 6.54 Å². The van der Waals surface area contributed by atoms with Crippen molar-refractivity contribution in [1.29, 1.82) is 0 Å². The summed E-state index contributed by atoms with van der Waals surface area (Å²) in [5.74, 6) is -2.29. The molecule has 1 aromatic carbocycles. The molecule has 0 aliphatic heterocycles. The molecule has 0 aromatic heterocycles. The van der Waals surface area contributed by atoms with Crippen LogP contribution in [0.3, 0.4) is 0 Å². The van der Waals surface area contributed by atoms with Crippen molar-refractivity contribution in [1.82, 2.24) is 4.72 Å². The number of hydrogen-bond donors (Lipinski definition) is 2. The Balaban J connectivity index is 3.14. The van der Waals surface area contributed by atoms with Crippen molar-refractivity contribution in [3.05, 3.63) is 29.8 Å². The third-order valence-corrected chi connectivity index (χ3v) is 4.87. The van der Waals surface area contributed by atoms with Crippen molar-refractivity contribution in [2.24, 2.45) is 5.73 Å². The van der Waals surface area contributed by atoms with Crippen LogP contribution in [0, 0.1) is 11.6 Å². The second kappa shape index (κ2) is 5.94. The minimum absolute atomic E-state index is 0.128. The molecule has 0 saturated heterocycles. The summed E-state index contributed by atoms with van der Waals surface area (Å²) in [5.41, 5.74) is 4.83. The molecule has 0 atom stereocenters. The summed E-state index contributed by atoms with van der Waals surface area (Å²) < 4.78 is 52.7. The minimum Gasteiger partial charge on any atom is -0.329 e. The van der Waals surface area contributed by atoms with Gasteiger partial charge in [-0.05, 0) is 31.0 Å². The highest BCUT2D eigenvalue weighted by Crippen LogP contribution is 2.20. The van der Waals surface area contributed by atoms with Crippen molar-refractivity contribution in [3.63, 3.8) is 0 Å². The molecule has 1 rings (SSSR count). The molecule has 0 unspecified atom stereocenters. The van der Waals surface area contributed by atoms with Crippen molar-refractivity contribution >= 4 is 10.0 Å². The second-order valence-corrected chi connectivity index (χ2v) is 6.06. The summed E-state index contributed by atoms with van der Waals surface area (Å²) in [7, 11) is -3.93. The van der Waals surface area contributed by atoms with Gasteiger partial charge in [0.1, 0.15) is 0 Å². The van der Waals surface area contributed by atoms with E-state index in [4.69, 9.17) is 5.73 Å². The molecule has 0 bridgehead atoms. The molecule has 108 valence electrons. The molecule has 0 spiro atoms. The minimum atomic E-state index is -3.93. The molecule has 0 fully saturated rings. The van der Waals surface area contributed by atoms with Gasteiger partial charge in [-0.15, -0.1) is 0 Å². The lowest BCUT2D eigenvalue weighted by molar-refractivity contribution is 0.363.